The fourth-order valence-electron chi connectivity index (χ4n) is 4.54. The van der Waals surface area contributed by atoms with Crippen molar-refractivity contribution in [2.75, 3.05) is 17.7 Å². The minimum Gasteiger partial charge on any atom is -0.500 e. The van der Waals surface area contributed by atoms with Gasteiger partial charge in [-0.1, -0.05) is 18.2 Å². The molecular weight excluding hydrogens is 442 g/mol. The lowest BCUT2D eigenvalue weighted by molar-refractivity contribution is -0.386. The van der Waals surface area contributed by atoms with E-state index in [4.69, 9.17) is 4.74 Å². The zero-order valence-electron chi connectivity index (χ0n) is 17.7. The zero-order valence-corrected chi connectivity index (χ0v) is 18.5. The maximum absolute atomic E-state index is 13.5. The number of rotatable bonds is 4. The molecule has 3 N–H and O–H groups in total. The maximum Gasteiger partial charge on any atom is 0.315 e. The second kappa shape index (κ2) is 8.25. The molecule has 5 rings (SSSR count). The van der Waals surface area contributed by atoms with E-state index in [1.807, 2.05) is 41.8 Å². The highest BCUT2D eigenvalue weighted by molar-refractivity contribution is 7.10. The van der Waals surface area contributed by atoms with Gasteiger partial charge >= 0.3 is 5.69 Å². The normalized spacial score (nSPS) is 19.6. The van der Waals surface area contributed by atoms with Crippen LogP contribution >= 0.6 is 11.3 Å². The van der Waals surface area contributed by atoms with Gasteiger partial charge in [0, 0.05) is 34.6 Å². The SMILES string of the molecule is COc1cc([C@@H]2Nc3ccccc3NC3=C2C(=O)C[C@H](c2cccs2)C3)cc([N+](=O)[O-])c1O. The molecule has 0 saturated heterocycles. The molecule has 2 aromatic carbocycles. The number of nitrogens with one attached hydrogen (secondary N) is 2. The first-order valence-electron chi connectivity index (χ1n) is 10.4. The number of thiophene rings is 1. The molecular formula is C24H21N3O5S. The van der Waals surface area contributed by atoms with E-state index in [0.29, 0.717) is 24.0 Å². The molecule has 8 nitrogen and oxygen atoms in total. The molecule has 1 aromatic heterocycles. The molecule has 9 heteroatoms. The Morgan fingerprint density at radius 2 is 1.94 bits per heavy atom. The van der Waals surface area contributed by atoms with Crippen LogP contribution in [0.4, 0.5) is 17.1 Å². The number of nitro benzene ring substituents is 1. The third kappa shape index (κ3) is 3.70. The summed E-state index contributed by atoms with van der Waals surface area (Å²) >= 11 is 1.63. The Morgan fingerprint density at radius 1 is 1.15 bits per heavy atom. The van der Waals surface area contributed by atoms with Crippen molar-refractivity contribution < 1.29 is 19.6 Å². The van der Waals surface area contributed by atoms with Crippen molar-refractivity contribution in [2.24, 2.45) is 0 Å². The number of carbonyl (C=O) groups excluding carboxylic acids is 1. The van der Waals surface area contributed by atoms with Crippen LogP contribution in [-0.2, 0) is 4.79 Å². The van der Waals surface area contributed by atoms with E-state index >= 15 is 0 Å². The van der Waals surface area contributed by atoms with Crippen LogP contribution in [0.5, 0.6) is 11.5 Å². The van der Waals surface area contributed by atoms with Crippen molar-refractivity contribution in [3.05, 3.63) is 85.7 Å². The third-order valence-electron chi connectivity index (χ3n) is 6.08. The molecule has 0 spiro atoms. The van der Waals surface area contributed by atoms with Gasteiger partial charge in [0.05, 0.1) is 29.4 Å². The van der Waals surface area contributed by atoms with Gasteiger partial charge in [-0.15, -0.1) is 11.3 Å². The van der Waals surface area contributed by atoms with Crippen LogP contribution in [0.2, 0.25) is 0 Å². The quantitative estimate of drug-likeness (QED) is 0.353. The Hall–Kier alpha value is -3.85. The molecule has 0 fully saturated rings. The van der Waals surface area contributed by atoms with Crippen LogP contribution in [0.1, 0.15) is 35.2 Å². The van der Waals surface area contributed by atoms with Crippen molar-refractivity contribution in [1.82, 2.24) is 0 Å². The van der Waals surface area contributed by atoms with E-state index in [9.17, 15) is 20.0 Å². The van der Waals surface area contributed by atoms with Crippen molar-refractivity contribution in [3.8, 4) is 11.5 Å². The van der Waals surface area contributed by atoms with Gasteiger partial charge in [-0.3, -0.25) is 14.9 Å². The molecule has 0 unspecified atom stereocenters. The number of aromatic hydroxyl groups is 1. The number of methoxy groups -OCH3 is 1. The number of hydrogen-bond acceptors (Lipinski definition) is 8. The van der Waals surface area contributed by atoms with Gasteiger partial charge in [-0.25, -0.2) is 0 Å². The molecule has 0 bridgehead atoms. The summed E-state index contributed by atoms with van der Waals surface area (Å²) < 4.78 is 5.20. The number of Topliss-reactive ketones (excluding diaryl/α,β-unsaturated/α-hetero) is 1. The highest BCUT2D eigenvalue weighted by Gasteiger charge is 2.37. The summed E-state index contributed by atoms with van der Waals surface area (Å²) in [5.41, 5.74) is 2.92. The van der Waals surface area contributed by atoms with Gasteiger partial charge < -0.3 is 20.5 Å². The summed E-state index contributed by atoms with van der Waals surface area (Å²) in [5.74, 6) is -0.519. The van der Waals surface area contributed by atoms with Crippen LogP contribution in [0.3, 0.4) is 0 Å². The molecule has 33 heavy (non-hydrogen) atoms. The van der Waals surface area contributed by atoms with Gasteiger partial charge in [0.25, 0.3) is 0 Å². The van der Waals surface area contributed by atoms with E-state index < -0.39 is 22.4 Å². The maximum atomic E-state index is 13.5. The number of fused-ring (bicyclic) bond motifs is 1. The first kappa shape index (κ1) is 21.0. The van der Waals surface area contributed by atoms with E-state index in [2.05, 4.69) is 10.6 Å². The van der Waals surface area contributed by atoms with Gasteiger partial charge in [-0.2, -0.15) is 0 Å². The van der Waals surface area contributed by atoms with Crippen LogP contribution in [-0.4, -0.2) is 22.9 Å². The first-order valence-corrected chi connectivity index (χ1v) is 11.3. The number of para-hydroxylation sites is 2. The molecule has 0 amide bonds. The molecule has 0 saturated carbocycles. The smallest absolute Gasteiger partial charge is 0.315 e. The number of benzene rings is 2. The average Bonchev–Trinajstić information content (AvgIpc) is 3.28. The summed E-state index contributed by atoms with van der Waals surface area (Å²) in [4.78, 5) is 25.6. The van der Waals surface area contributed by atoms with E-state index in [1.165, 1.54) is 19.2 Å². The van der Waals surface area contributed by atoms with Crippen molar-refractivity contribution in [1.29, 1.82) is 0 Å². The number of ether oxygens (including phenoxy) is 1. The van der Waals surface area contributed by atoms with E-state index in [1.54, 1.807) is 11.3 Å². The van der Waals surface area contributed by atoms with Crippen molar-refractivity contribution in [2.45, 2.75) is 24.8 Å². The van der Waals surface area contributed by atoms with Crippen molar-refractivity contribution in [3.63, 3.8) is 0 Å². The molecule has 1 aliphatic heterocycles. The lowest BCUT2D eigenvalue weighted by Crippen LogP contribution is -2.26. The van der Waals surface area contributed by atoms with E-state index in [-0.39, 0.29) is 17.5 Å². The minimum absolute atomic E-state index is 0.0200. The number of hydrogen-bond donors (Lipinski definition) is 3. The number of ketones is 1. The minimum atomic E-state index is -0.658. The predicted octanol–water partition coefficient (Wildman–Crippen LogP) is 5.35. The molecule has 3 aromatic rings. The van der Waals surface area contributed by atoms with Crippen LogP contribution in [0.15, 0.2) is 65.2 Å². The molecule has 2 heterocycles. The average molecular weight is 464 g/mol. The second-order valence-electron chi connectivity index (χ2n) is 8.03. The Morgan fingerprint density at radius 3 is 2.64 bits per heavy atom. The monoisotopic (exact) mass is 463 g/mol. The number of carbonyl (C=O) groups is 1. The molecule has 2 aliphatic rings. The summed E-state index contributed by atoms with van der Waals surface area (Å²) in [7, 11) is 1.34. The molecule has 1 aliphatic carbocycles. The number of phenolic OH excluding ortho intramolecular Hbond substituents is 1. The summed E-state index contributed by atoms with van der Waals surface area (Å²) in [5, 5.41) is 30.7. The van der Waals surface area contributed by atoms with Gasteiger partial charge in [0.2, 0.25) is 5.75 Å². The van der Waals surface area contributed by atoms with Gasteiger partial charge in [-0.05, 0) is 41.6 Å². The fourth-order valence-corrected chi connectivity index (χ4v) is 5.37. The first-order chi connectivity index (χ1) is 16.0. The predicted molar refractivity (Wildman–Crippen MR) is 126 cm³/mol. The lowest BCUT2D eigenvalue weighted by atomic mass is 9.80. The molecule has 0 radical (unpaired) electrons. The lowest BCUT2D eigenvalue weighted by Gasteiger charge is -2.29. The third-order valence-corrected chi connectivity index (χ3v) is 7.12. The second-order valence-corrected chi connectivity index (χ2v) is 9.01. The topological polar surface area (TPSA) is 114 Å². The fraction of sp³-hybridized carbons (Fsp3) is 0.208. The van der Waals surface area contributed by atoms with Crippen LogP contribution < -0.4 is 15.4 Å². The zero-order chi connectivity index (χ0) is 23.1. The largest absolute Gasteiger partial charge is 0.500 e. The summed E-state index contributed by atoms with van der Waals surface area (Å²) in [6.07, 6.45) is 0.998. The summed E-state index contributed by atoms with van der Waals surface area (Å²) in [6, 6.07) is 13.8. The standard InChI is InChI=1S/C24H21N3O5S/c1-32-20-12-14(10-18(24(20)29)27(30)31)23-22-17(25-15-5-2-3-6-16(15)26-23)9-13(11-19(22)28)21-7-4-8-33-21/h2-8,10,12-13,23,25-26,29H,9,11H2,1H3/t13-,23+/m1/s1. The van der Waals surface area contributed by atoms with Crippen molar-refractivity contribution >= 4 is 34.2 Å². The van der Waals surface area contributed by atoms with Crippen LogP contribution in [0, 0.1) is 10.1 Å². The number of anilines is 2. The Balaban J connectivity index is 1.68. The highest BCUT2D eigenvalue weighted by Crippen LogP contribution is 2.47. The number of phenols is 1. The Bertz CT molecular complexity index is 1290. The van der Waals surface area contributed by atoms with Crippen LogP contribution in [0.25, 0.3) is 0 Å². The number of nitro groups is 1. The Labute approximate surface area is 193 Å². The van der Waals surface area contributed by atoms with E-state index in [0.717, 1.165) is 21.9 Å². The van der Waals surface area contributed by atoms with Gasteiger partial charge in [0.1, 0.15) is 0 Å². The molecule has 168 valence electrons. The highest BCUT2D eigenvalue weighted by atomic mass is 32.1. The van der Waals surface area contributed by atoms with Gasteiger partial charge in [0.15, 0.2) is 11.5 Å². The number of nitrogens with zero attached hydrogens (tertiary/aromatic N) is 1. The Kier molecular flexibility index (Phi) is 5.26. The molecule has 2 atom stereocenters. The number of allylic oxidation sites excluding steroid dienone is 1. The summed E-state index contributed by atoms with van der Waals surface area (Å²) in [6.45, 7) is 0.